The van der Waals surface area contributed by atoms with Gasteiger partial charge in [-0.2, -0.15) is 4.31 Å². The van der Waals surface area contributed by atoms with E-state index in [1.165, 1.54) is 35.5 Å². The zero-order valence-corrected chi connectivity index (χ0v) is 24.4. The molecule has 0 bridgehead atoms. The van der Waals surface area contributed by atoms with Crippen LogP contribution in [0.25, 0.3) is 0 Å². The van der Waals surface area contributed by atoms with Crippen LogP contribution in [0.15, 0.2) is 29.2 Å². The van der Waals surface area contributed by atoms with Crippen LogP contribution in [0.2, 0.25) is 0 Å². The van der Waals surface area contributed by atoms with Gasteiger partial charge in [0.2, 0.25) is 15.9 Å². The molecular weight excluding hydrogens is 542 g/mol. The second-order valence-corrected chi connectivity index (χ2v) is 13.3. The van der Waals surface area contributed by atoms with Crippen molar-refractivity contribution in [1.82, 2.24) is 14.5 Å². The van der Waals surface area contributed by atoms with Crippen LogP contribution in [-0.4, -0.2) is 61.0 Å². The molecule has 0 saturated heterocycles. The Kier molecular flexibility index (Phi) is 9.51. The molecule has 1 aliphatic heterocycles. The summed E-state index contributed by atoms with van der Waals surface area (Å²) in [5.41, 5.74) is 6.10. The number of urea groups is 1. The minimum atomic E-state index is -3.76. The van der Waals surface area contributed by atoms with Gasteiger partial charge in [-0.1, -0.05) is 27.7 Å². The van der Waals surface area contributed by atoms with Gasteiger partial charge in [0.25, 0.3) is 11.8 Å². The molecule has 0 aliphatic carbocycles. The summed E-state index contributed by atoms with van der Waals surface area (Å²) < 4.78 is 28.0. The van der Waals surface area contributed by atoms with Crippen molar-refractivity contribution in [3.8, 4) is 0 Å². The van der Waals surface area contributed by atoms with Gasteiger partial charge in [-0.05, 0) is 48.1 Å². The first kappa shape index (κ1) is 30.3. The number of hydrogen-bond acceptors (Lipinski definition) is 7. The molecule has 0 atom stereocenters. The summed E-state index contributed by atoms with van der Waals surface area (Å²) >= 11 is 1.14. The summed E-state index contributed by atoms with van der Waals surface area (Å²) in [6.07, 6.45) is 0.374. The highest BCUT2D eigenvalue weighted by Crippen LogP contribution is 2.37. The monoisotopic (exact) mass is 577 g/mol. The summed E-state index contributed by atoms with van der Waals surface area (Å²) in [7, 11) is -3.76. The van der Waals surface area contributed by atoms with Crippen molar-refractivity contribution in [3.63, 3.8) is 0 Å². The molecule has 2 aromatic rings. The lowest BCUT2D eigenvalue weighted by molar-refractivity contribution is -0.129. The largest absolute Gasteiger partial charge is 0.351 e. The molecule has 0 radical (unpaired) electrons. The molecule has 1 aromatic carbocycles. The van der Waals surface area contributed by atoms with Crippen LogP contribution in [0.3, 0.4) is 0 Å². The Morgan fingerprint density at radius 3 is 2.13 bits per heavy atom. The normalized spacial score (nSPS) is 13.5. The predicted molar refractivity (Wildman–Crippen MR) is 149 cm³/mol. The maximum atomic E-state index is 13.3. The van der Waals surface area contributed by atoms with E-state index in [1.54, 1.807) is 4.90 Å². The van der Waals surface area contributed by atoms with Gasteiger partial charge >= 0.3 is 6.03 Å². The first-order chi connectivity index (χ1) is 18.2. The van der Waals surface area contributed by atoms with E-state index in [2.05, 4.69) is 5.32 Å². The highest BCUT2D eigenvalue weighted by molar-refractivity contribution is 7.89. The fourth-order valence-electron chi connectivity index (χ4n) is 4.36. The molecule has 5 amide bonds. The quantitative estimate of drug-likeness (QED) is 0.415. The number of fused-ring (bicyclic) bond motifs is 1. The van der Waals surface area contributed by atoms with Crippen LogP contribution >= 0.6 is 11.3 Å². The van der Waals surface area contributed by atoms with Crippen LogP contribution < -0.4 is 16.4 Å². The summed E-state index contributed by atoms with van der Waals surface area (Å²) in [5.74, 6) is -1.13. The third kappa shape index (κ3) is 7.22. The van der Waals surface area contributed by atoms with Gasteiger partial charge in [0.1, 0.15) is 5.00 Å². The number of carbonyl (C=O) groups excluding carboxylic acids is 4. The lowest BCUT2D eigenvalue weighted by Crippen LogP contribution is -2.37. The number of carbonyl (C=O) groups is 4. The maximum absolute atomic E-state index is 13.3. The Labute approximate surface area is 232 Å². The molecule has 212 valence electrons. The number of benzene rings is 1. The van der Waals surface area contributed by atoms with Crippen molar-refractivity contribution < 1.29 is 27.6 Å². The van der Waals surface area contributed by atoms with E-state index in [4.69, 9.17) is 5.73 Å². The smallest absolute Gasteiger partial charge is 0.319 e. The summed E-state index contributed by atoms with van der Waals surface area (Å²) in [5, 5.41) is 4.98. The molecule has 0 saturated carbocycles. The molecule has 39 heavy (non-hydrogen) atoms. The third-order valence-electron chi connectivity index (χ3n) is 6.08. The van der Waals surface area contributed by atoms with Crippen LogP contribution in [0.4, 0.5) is 9.80 Å². The zero-order chi connectivity index (χ0) is 29.1. The van der Waals surface area contributed by atoms with E-state index >= 15 is 0 Å². The Hall–Kier alpha value is -3.29. The fourth-order valence-corrected chi connectivity index (χ4v) is 7.39. The Morgan fingerprint density at radius 2 is 1.62 bits per heavy atom. The number of nitrogens with one attached hydrogen (secondary N) is 2. The van der Waals surface area contributed by atoms with E-state index in [9.17, 15) is 27.6 Å². The van der Waals surface area contributed by atoms with E-state index in [1.807, 2.05) is 33.0 Å². The number of anilines is 1. The molecule has 0 fully saturated rings. The van der Waals surface area contributed by atoms with E-state index < -0.39 is 27.9 Å². The van der Waals surface area contributed by atoms with E-state index in [0.717, 1.165) is 16.2 Å². The molecule has 1 aromatic heterocycles. The molecule has 2 heterocycles. The van der Waals surface area contributed by atoms with Gasteiger partial charge in [0.05, 0.1) is 17.0 Å². The molecule has 4 N–H and O–H groups in total. The number of thiophene rings is 1. The Bertz CT molecular complexity index is 1360. The number of imide groups is 1. The van der Waals surface area contributed by atoms with Gasteiger partial charge in [-0.15, -0.1) is 11.3 Å². The first-order valence-corrected chi connectivity index (χ1v) is 14.9. The van der Waals surface area contributed by atoms with Gasteiger partial charge in [0.15, 0.2) is 0 Å². The lowest BCUT2D eigenvalue weighted by atomic mass is 10.0. The van der Waals surface area contributed by atoms with Crippen molar-refractivity contribution in [2.24, 2.45) is 17.6 Å². The van der Waals surface area contributed by atoms with Crippen LogP contribution in [0.5, 0.6) is 0 Å². The van der Waals surface area contributed by atoms with Crippen molar-refractivity contribution in [1.29, 1.82) is 0 Å². The molecule has 11 nitrogen and oxygen atoms in total. The van der Waals surface area contributed by atoms with Crippen LogP contribution in [0, 0.1) is 11.8 Å². The van der Waals surface area contributed by atoms with E-state index in [0.29, 0.717) is 31.6 Å². The highest BCUT2D eigenvalue weighted by Gasteiger charge is 2.31. The number of sulfonamides is 1. The standard InChI is InChI=1S/C26H35N5O6S2/c1-15(2)12-31(13-16(3)4)39(36,37)19-8-6-18(7-9-19)23(33)28-25-22(24(34)29-26(27)35)20-10-11-30(17(5)32)14-21(20)38-25/h6-9,15-16H,10-14H2,1-5H3,(H,28,33)(H3,27,29,34,35). The van der Waals surface area contributed by atoms with Gasteiger partial charge in [-0.3, -0.25) is 19.7 Å². The number of nitrogens with zero attached hydrogens (tertiary/aromatic N) is 2. The zero-order valence-electron chi connectivity index (χ0n) is 22.7. The second kappa shape index (κ2) is 12.3. The third-order valence-corrected chi connectivity index (χ3v) is 9.06. The Balaban J connectivity index is 1.88. The number of primary amides is 1. The minimum absolute atomic E-state index is 0.0813. The maximum Gasteiger partial charge on any atom is 0.319 e. The van der Waals surface area contributed by atoms with Crippen molar-refractivity contribution >= 4 is 50.1 Å². The van der Waals surface area contributed by atoms with Gasteiger partial charge in [-0.25, -0.2) is 13.2 Å². The number of nitrogens with two attached hydrogens (primary N) is 1. The van der Waals surface area contributed by atoms with Gasteiger partial charge < -0.3 is 16.0 Å². The second-order valence-electron chi connectivity index (χ2n) is 10.3. The first-order valence-electron chi connectivity index (χ1n) is 12.6. The van der Waals surface area contributed by atoms with E-state index in [-0.39, 0.29) is 45.3 Å². The van der Waals surface area contributed by atoms with Gasteiger partial charge in [0, 0.05) is 37.0 Å². The number of rotatable bonds is 9. The van der Waals surface area contributed by atoms with Crippen molar-refractivity contribution in [2.45, 2.75) is 52.5 Å². The SMILES string of the molecule is CC(=O)N1CCc2c(sc(NC(=O)c3ccc(S(=O)(=O)N(CC(C)C)CC(C)C)cc3)c2C(=O)NC(N)=O)C1. The number of amides is 5. The number of hydrogen-bond donors (Lipinski definition) is 3. The average molecular weight is 578 g/mol. The summed E-state index contributed by atoms with van der Waals surface area (Å²) in [4.78, 5) is 51.6. The summed E-state index contributed by atoms with van der Waals surface area (Å²) in [6, 6.07) is 4.59. The summed E-state index contributed by atoms with van der Waals surface area (Å²) in [6.45, 7) is 10.7. The molecule has 3 rings (SSSR count). The van der Waals surface area contributed by atoms with Crippen molar-refractivity contribution in [2.75, 3.05) is 25.0 Å². The molecular formula is C26H35N5O6S2. The van der Waals surface area contributed by atoms with Crippen LogP contribution in [-0.2, 0) is 27.8 Å². The topological polar surface area (TPSA) is 159 Å². The van der Waals surface area contributed by atoms with Crippen molar-refractivity contribution in [3.05, 3.63) is 45.8 Å². The Morgan fingerprint density at radius 1 is 1.03 bits per heavy atom. The molecule has 0 unspecified atom stereocenters. The minimum Gasteiger partial charge on any atom is -0.351 e. The molecule has 13 heteroatoms. The van der Waals surface area contributed by atoms with Crippen LogP contribution in [0.1, 0.15) is 65.8 Å². The molecule has 1 aliphatic rings. The predicted octanol–water partition coefficient (Wildman–Crippen LogP) is 3.02. The highest BCUT2D eigenvalue weighted by atomic mass is 32.2. The lowest BCUT2D eigenvalue weighted by Gasteiger charge is -2.26. The average Bonchev–Trinajstić information content (AvgIpc) is 3.19. The fraction of sp³-hybridized carbons (Fsp3) is 0.462. The molecule has 0 spiro atoms.